The Balaban J connectivity index is 1.14. The second-order valence-corrected chi connectivity index (χ2v) is 12.9. The van der Waals surface area contributed by atoms with Gasteiger partial charge in [0.25, 0.3) is 0 Å². The van der Waals surface area contributed by atoms with Crippen molar-refractivity contribution in [3.63, 3.8) is 0 Å². The fourth-order valence-corrected chi connectivity index (χ4v) is 6.85. The van der Waals surface area contributed by atoms with E-state index in [0.29, 0.717) is 31.2 Å². The van der Waals surface area contributed by atoms with Crippen LogP contribution in [0.5, 0.6) is 5.88 Å². The molecule has 0 spiro atoms. The fraction of sp³-hybridized carbons (Fsp3) is 0.600. The summed E-state index contributed by atoms with van der Waals surface area (Å²) >= 11 is 0. The largest absolute Gasteiger partial charge is 0.481 e. The first-order valence-electron chi connectivity index (χ1n) is 16.0. The van der Waals surface area contributed by atoms with E-state index in [0.717, 1.165) is 73.4 Å². The lowest BCUT2D eigenvalue weighted by molar-refractivity contribution is -0.157. The van der Waals surface area contributed by atoms with Crippen molar-refractivity contribution in [1.29, 1.82) is 0 Å². The van der Waals surface area contributed by atoms with Crippen LogP contribution in [0.1, 0.15) is 88.7 Å². The number of para-hydroxylation sites is 1. The third kappa shape index (κ3) is 7.52. The summed E-state index contributed by atoms with van der Waals surface area (Å²) in [6.45, 7) is 4.55. The van der Waals surface area contributed by atoms with Gasteiger partial charge in [-0.15, -0.1) is 0 Å². The highest BCUT2D eigenvalue weighted by atomic mass is 16.5. The number of carbonyl (C=O) groups is 3. The van der Waals surface area contributed by atoms with Crippen LogP contribution >= 0.6 is 0 Å². The molecule has 0 amide bonds. The molecule has 0 radical (unpaired) electrons. The summed E-state index contributed by atoms with van der Waals surface area (Å²) in [4.78, 5) is 41.4. The van der Waals surface area contributed by atoms with E-state index in [4.69, 9.17) is 19.2 Å². The van der Waals surface area contributed by atoms with Gasteiger partial charge < -0.3 is 24.6 Å². The Morgan fingerprint density at radius 1 is 1.16 bits per heavy atom. The highest BCUT2D eigenvalue weighted by molar-refractivity contribution is 5.85. The zero-order chi connectivity index (χ0) is 31.3. The molecule has 236 valence electrons. The molecule has 1 aromatic carbocycles. The quantitative estimate of drug-likeness (QED) is 0.199. The number of esters is 2. The molecule has 0 bridgehead atoms. The van der Waals surface area contributed by atoms with Gasteiger partial charge in [0.15, 0.2) is 0 Å². The molecular weight excluding hydrogens is 560 g/mol. The number of unbranched alkanes of at least 4 members (excludes halogenated alkanes) is 1. The van der Waals surface area contributed by atoms with Gasteiger partial charge >= 0.3 is 17.9 Å². The lowest BCUT2D eigenvalue weighted by atomic mass is 9.66. The van der Waals surface area contributed by atoms with Crippen molar-refractivity contribution in [1.82, 2.24) is 10.3 Å². The maximum atomic E-state index is 12.7. The third-order valence-electron chi connectivity index (χ3n) is 9.71. The molecule has 2 aromatic rings. The number of nitrogens with zero attached hydrogens (tertiary/aromatic N) is 1. The average Bonchev–Trinajstić information content (AvgIpc) is 3.57. The lowest BCUT2D eigenvalue weighted by Crippen LogP contribution is -2.37. The van der Waals surface area contributed by atoms with Gasteiger partial charge in [0.2, 0.25) is 5.88 Å². The molecule has 3 aliphatic rings. The number of carboxylic acid groups (broad SMARTS) is 1. The number of nitrogens with one attached hydrogen (secondary N) is 1. The fourth-order valence-electron chi connectivity index (χ4n) is 6.85. The van der Waals surface area contributed by atoms with Crippen LogP contribution in [0.2, 0.25) is 0 Å². The number of methoxy groups -OCH3 is 1. The predicted molar refractivity (Wildman–Crippen MR) is 165 cm³/mol. The van der Waals surface area contributed by atoms with Crippen molar-refractivity contribution in [2.24, 2.45) is 17.3 Å². The summed E-state index contributed by atoms with van der Waals surface area (Å²) < 4.78 is 16.8. The number of aryl methyl sites for hydroxylation is 1. The number of aromatic nitrogens is 1. The van der Waals surface area contributed by atoms with Crippen LogP contribution in [-0.4, -0.2) is 59.9 Å². The van der Waals surface area contributed by atoms with Gasteiger partial charge in [-0.1, -0.05) is 56.2 Å². The topological polar surface area (TPSA) is 124 Å². The molecule has 1 aliphatic heterocycles. The number of carbonyl (C=O) groups excluding carboxylic acids is 2. The minimum atomic E-state index is -0.895. The van der Waals surface area contributed by atoms with Gasteiger partial charge in [0.1, 0.15) is 18.2 Å². The molecule has 5 rings (SSSR count). The normalized spacial score (nSPS) is 24.5. The van der Waals surface area contributed by atoms with E-state index in [2.05, 4.69) is 17.2 Å². The van der Waals surface area contributed by atoms with E-state index in [1.807, 2.05) is 38.1 Å². The zero-order valence-corrected chi connectivity index (χ0v) is 26.0. The molecule has 44 heavy (non-hydrogen) atoms. The number of benzene rings is 1. The van der Waals surface area contributed by atoms with Crippen molar-refractivity contribution < 1.29 is 33.7 Å². The first kappa shape index (κ1) is 31.8. The SMILES string of the molecule is COC(=O)[C@@H]1C[C@@H](Oc2nc3ccccc3c(C)c2C#CCCC[C@@H]2C[C@H]2OC(=O)C[C@H](C(=O)O)C2(C)CCCCC2)CN1. The zero-order valence-electron chi connectivity index (χ0n) is 26.0. The minimum absolute atomic E-state index is 0.0512. The number of rotatable bonds is 11. The van der Waals surface area contributed by atoms with Gasteiger partial charge in [-0.25, -0.2) is 4.98 Å². The van der Waals surface area contributed by atoms with Crippen molar-refractivity contribution in [2.45, 2.75) is 103 Å². The van der Waals surface area contributed by atoms with E-state index in [1.165, 1.54) is 7.11 Å². The molecule has 5 atom stereocenters. The molecular formula is C35H44N2O7. The molecule has 2 aliphatic carbocycles. The maximum Gasteiger partial charge on any atom is 0.323 e. The van der Waals surface area contributed by atoms with Crippen LogP contribution in [0.15, 0.2) is 24.3 Å². The number of hydrogen-bond acceptors (Lipinski definition) is 8. The van der Waals surface area contributed by atoms with E-state index < -0.39 is 23.9 Å². The molecule has 2 saturated carbocycles. The first-order valence-corrected chi connectivity index (χ1v) is 16.0. The van der Waals surface area contributed by atoms with Crippen LogP contribution in [-0.2, 0) is 23.9 Å². The molecule has 0 unspecified atom stereocenters. The summed E-state index contributed by atoms with van der Waals surface area (Å²) in [5, 5.41) is 14.0. The van der Waals surface area contributed by atoms with Gasteiger partial charge in [-0.2, -0.15) is 0 Å². The van der Waals surface area contributed by atoms with Gasteiger partial charge in [0, 0.05) is 24.8 Å². The molecule has 3 fully saturated rings. The van der Waals surface area contributed by atoms with Crippen LogP contribution in [0.3, 0.4) is 0 Å². The highest BCUT2D eigenvalue weighted by Crippen LogP contribution is 2.45. The Morgan fingerprint density at radius 2 is 1.93 bits per heavy atom. The van der Waals surface area contributed by atoms with Crippen LogP contribution in [0, 0.1) is 36.0 Å². The molecule has 1 saturated heterocycles. The van der Waals surface area contributed by atoms with E-state index in [9.17, 15) is 19.5 Å². The Kier molecular flexibility index (Phi) is 10.1. The summed E-state index contributed by atoms with van der Waals surface area (Å²) in [6, 6.07) is 7.50. The predicted octanol–water partition coefficient (Wildman–Crippen LogP) is 5.34. The van der Waals surface area contributed by atoms with Gasteiger partial charge in [-0.05, 0) is 62.0 Å². The molecule has 9 nitrogen and oxygen atoms in total. The Bertz CT molecular complexity index is 1440. The summed E-state index contributed by atoms with van der Waals surface area (Å²) in [7, 11) is 1.38. The summed E-state index contributed by atoms with van der Waals surface area (Å²) in [6.07, 6.45) is 8.22. The number of hydrogen-bond donors (Lipinski definition) is 2. The molecule has 2 heterocycles. The number of ether oxygens (including phenoxy) is 3. The third-order valence-corrected chi connectivity index (χ3v) is 9.71. The minimum Gasteiger partial charge on any atom is -0.481 e. The summed E-state index contributed by atoms with van der Waals surface area (Å²) in [5.41, 5.74) is 2.25. The monoisotopic (exact) mass is 604 g/mol. The van der Waals surface area contributed by atoms with Crippen molar-refractivity contribution in [3.05, 3.63) is 35.4 Å². The van der Waals surface area contributed by atoms with Crippen LogP contribution < -0.4 is 10.1 Å². The first-order chi connectivity index (χ1) is 21.2. The summed E-state index contributed by atoms with van der Waals surface area (Å²) in [5.74, 6) is 5.10. The van der Waals surface area contributed by atoms with Crippen molar-refractivity contribution in [3.8, 4) is 17.7 Å². The van der Waals surface area contributed by atoms with E-state index >= 15 is 0 Å². The van der Waals surface area contributed by atoms with E-state index in [-0.39, 0.29) is 30.0 Å². The number of pyridine rings is 1. The smallest absolute Gasteiger partial charge is 0.323 e. The number of aliphatic carboxylic acids is 1. The van der Waals surface area contributed by atoms with Gasteiger partial charge in [-0.3, -0.25) is 14.4 Å². The number of carboxylic acids is 1. The Hall–Kier alpha value is -3.64. The number of fused-ring (bicyclic) bond motifs is 1. The molecule has 2 N–H and O–H groups in total. The second-order valence-electron chi connectivity index (χ2n) is 12.9. The molecule has 9 heteroatoms. The maximum absolute atomic E-state index is 12.7. The molecule has 1 aromatic heterocycles. The van der Waals surface area contributed by atoms with Crippen LogP contribution in [0.4, 0.5) is 0 Å². The highest BCUT2D eigenvalue weighted by Gasteiger charge is 2.44. The standard InChI is InChI=1S/C35H44N2O7/c1-22-25-13-8-9-15-28(25)37-32(43-24-19-29(36-21-24)34(41)42-3)26(22)14-7-4-6-12-23-18-30(23)44-31(38)20-27(33(39)40)35(2)16-10-5-11-17-35/h8-9,13,15,23-24,27,29-30,36H,4-6,10-12,16-21H2,1-3H3,(H,39,40)/t23-,24-,27-,29+,30-/m1/s1. The van der Waals surface area contributed by atoms with Crippen molar-refractivity contribution in [2.75, 3.05) is 13.7 Å². The van der Waals surface area contributed by atoms with Crippen LogP contribution in [0.25, 0.3) is 10.9 Å². The average molecular weight is 605 g/mol. The lowest BCUT2D eigenvalue weighted by Gasteiger charge is -2.38. The van der Waals surface area contributed by atoms with Crippen molar-refractivity contribution >= 4 is 28.8 Å². The second kappa shape index (κ2) is 14.0. The Morgan fingerprint density at radius 3 is 2.68 bits per heavy atom. The van der Waals surface area contributed by atoms with E-state index in [1.54, 1.807) is 0 Å². The van der Waals surface area contributed by atoms with Gasteiger partial charge in [0.05, 0.1) is 30.5 Å². The Labute approximate surface area is 259 Å².